The predicted octanol–water partition coefficient (Wildman–Crippen LogP) is 2.88. The number of benzene rings is 1. The molecule has 0 radical (unpaired) electrons. The Bertz CT molecular complexity index is 1170. The normalized spacial score (nSPS) is 15.7. The van der Waals surface area contributed by atoms with E-state index in [1.807, 2.05) is 0 Å². The molecule has 0 aliphatic carbocycles. The molecule has 0 bridgehead atoms. The number of halogens is 1. The third kappa shape index (κ3) is 3.76. The van der Waals surface area contributed by atoms with Gasteiger partial charge in [0.2, 0.25) is 0 Å². The van der Waals surface area contributed by atoms with Gasteiger partial charge in [-0.05, 0) is 48.9 Å². The van der Waals surface area contributed by atoms with Crippen LogP contribution in [0.1, 0.15) is 23.0 Å². The van der Waals surface area contributed by atoms with Crippen LogP contribution >= 0.6 is 11.6 Å². The van der Waals surface area contributed by atoms with Gasteiger partial charge in [-0.1, -0.05) is 11.6 Å². The second-order valence-electron chi connectivity index (χ2n) is 6.36. The van der Waals surface area contributed by atoms with Crippen molar-refractivity contribution in [2.75, 3.05) is 13.2 Å². The minimum Gasteiger partial charge on any atom is -0.478 e. The fourth-order valence-electron chi connectivity index (χ4n) is 3.00. The van der Waals surface area contributed by atoms with E-state index < -0.39 is 24.4 Å². The second kappa shape index (κ2) is 8.37. The number of aliphatic hydroxyl groups is 1. The first-order chi connectivity index (χ1) is 14.3. The van der Waals surface area contributed by atoms with E-state index >= 15 is 0 Å². The maximum absolute atomic E-state index is 12.7. The predicted molar refractivity (Wildman–Crippen MR) is 106 cm³/mol. The van der Waals surface area contributed by atoms with Crippen molar-refractivity contribution in [1.82, 2.24) is 4.90 Å². The zero-order valence-corrected chi connectivity index (χ0v) is 16.4. The molecular weight excluding hydrogens is 412 g/mol. The largest absolute Gasteiger partial charge is 0.478 e. The summed E-state index contributed by atoms with van der Waals surface area (Å²) < 4.78 is 5.71. The number of furan rings is 1. The summed E-state index contributed by atoms with van der Waals surface area (Å²) in [5.74, 6) is -1.98. The Morgan fingerprint density at radius 1 is 1.27 bits per heavy atom. The summed E-state index contributed by atoms with van der Waals surface area (Å²) in [5.41, 5.74) is 0.494. The molecule has 0 fully saturated rings. The number of nitriles is 1. The Kier molecular flexibility index (Phi) is 5.87. The van der Waals surface area contributed by atoms with E-state index in [1.54, 1.807) is 24.3 Å². The molecule has 30 heavy (non-hydrogen) atoms. The summed E-state index contributed by atoms with van der Waals surface area (Å²) in [4.78, 5) is 37.0. The fourth-order valence-corrected chi connectivity index (χ4v) is 3.20. The lowest BCUT2D eigenvalue weighted by atomic mass is 9.95. The van der Waals surface area contributed by atoms with Gasteiger partial charge in [0.15, 0.2) is 0 Å². The van der Waals surface area contributed by atoms with Gasteiger partial charge in [-0.25, -0.2) is 4.79 Å². The second-order valence-corrected chi connectivity index (χ2v) is 6.76. The Morgan fingerprint density at radius 2 is 2.00 bits per heavy atom. The Hall–Kier alpha value is -3.67. The number of aromatic carboxylic acids is 1. The van der Waals surface area contributed by atoms with Crippen molar-refractivity contribution >= 4 is 35.5 Å². The van der Waals surface area contributed by atoms with Crippen LogP contribution in [0.15, 0.2) is 51.5 Å². The molecule has 2 N–H and O–H groups in total. The van der Waals surface area contributed by atoms with Crippen molar-refractivity contribution in [2.45, 2.75) is 6.92 Å². The third-order valence-electron chi connectivity index (χ3n) is 4.54. The highest BCUT2D eigenvalue weighted by molar-refractivity contribution is 6.33. The van der Waals surface area contributed by atoms with E-state index in [9.17, 15) is 24.8 Å². The number of carboxylic acids is 1. The van der Waals surface area contributed by atoms with Crippen LogP contribution in [0.25, 0.3) is 17.4 Å². The van der Waals surface area contributed by atoms with Crippen LogP contribution in [0.4, 0.5) is 0 Å². The van der Waals surface area contributed by atoms with Gasteiger partial charge in [0.05, 0.1) is 23.7 Å². The van der Waals surface area contributed by atoms with E-state index in [4.69, 9.17) is 21.1 Å². The van der Waals surface area contributed by atoms with Crippen LogP contribution in [-0.4, -0.2) is 46.0 Å². The van der Waals surface area contributed by atoms with Crippen LogP contribution < -0.4 is 0 Å². The maximum Gasteiger partial charge on any atom is 0.337 e. The number of hydrogen-bond donors (Lipinski definition) is 2. The van der Waals surface area contributed by atoms with Gasteiger partial charge < -0.3 is 14.6 Å². The number of nitrogens with zero attached hydrogens (tertiary/aromatic N) is 2. The van der Waals surface area contributed by atoms with Crippen molar-refractivity contribution in [1.29, 1.82) is 5.26 Å². The number of hydrogen-bond acceptors (Lipinski definition) is 6. The Labute approximate surface area is 175 Å². The SMILES string of the molecule is CC1=C(C#N)C(=O)N(CCO)C(=O)/C1=C/c1ccc(-c2ccc(Cl)c(C(=O)O)c2)o1. The zero-order valence-electron chi connectivity index (χ0n) is 15.7. The van der Waals surface area contributed by atoms with E-state index in [1.165, 1.54) is 25.1 Å². The zero-order chi connectivity index (χ0) is 22.0. The number of carboxylic acid groups (broad SMARTS) is 1. The van der Waals surface area contributed by atoms with Crippen molar-refractivity contribution in [2.24, 2.45) is 0 Å². The highest BCUT2D eigenvalue weighted by atomic mass is 35.5. The highest BCUT2D eigenvalue weighted by Crippen LogP contribution is 2.30. The summed E-state index contributed by atoms with van der Waals surface area (Å²) in [7, 11) is 0. The number of β-amino-alcohol motifs (C(OH)–C–C–N with tert-alkyl or cyclic N) is 1. The fraction of sp³-hybridized carbons (Fsp3) is 0.143. The molecule has 8 nitrogen and oxygen atoms in total. The van der Waals surface area contributed by atoms with Crippen LogP contribution in [-0.2, 0) is 9.59 Å². The first-order valence-corrected chi connectivity index (χ1v) is 9.09. The van der Waals surface area contributed by atoms with E-state index in [-0.39, 0.29) is 39.6 Å². The lowest BCUT2D eigenvalue weighted by Gasteiger charge is -2.26. The molecule has 9 heteroatoms. The average molecular weight is 427 g/mol. The molecule has 2 heterocycles. The molecule has 2 amide bonds. The molecule has 0 saturated heterocycles. The molecule has 152 valence electrons. The first-order valence-electron chi connectivity index (χ1n) is 8.71. The van der Waals surface area contributed by atoms with Crippen molar-refractivity contribution in [3.05, 3.63) is 63.4 Å². The molecule has 1 aromatic heterocycles. The van der Waals surface area contributed by atoms with Gasteiger partial charge in [0.1, 0.15) is 23.2 Å². The monoisotopic (exact) mass is 426 g/mol. The van der Waals surface area contributed by atoms with Gasteiger partial charge in [0, 0.05) is 11.1 Å². The molecule has 0 atom stereocenters. The summed E-state index contributed by atoms with van der Waals surface area (Å²) in [6.07, 6.45) is 1.39. The molecule has 1 aliphatic heterocycles. The van der Waals surface area contributed by atoms with Gasteiger partial charge >= 0.3 is 5.97 Å². The number of aliphatic hydroxyl groups excluding tert-OH is 1. The van der Waals surface area contributed by atoms with Crippen molar-refractivity contribution in [3.8, 4) is 17.4 Å². The van der Waals surface area contributed by atoms with Gasteiger partial charge in [-0.15, -0.1) is 0 Å². The number of amides is 2. The quantitative estimate of drug-likeness (QED) is 0.554. The van der Waals surface area contributed by atoms with E-state index in [0.717, 1.165) is 4.90 Å². The molecule has 1 aliphatic rings. The van der Waals surface area contributed by atoms with Gasteiger partial charge in [0.25, 0.3) is 11.8 Å². The summed E-state index contributed by atoms with van der Waals surface area (Å²) in [5, 5.41) is 27.7. The molecule has 2 aromatic rings. The molecule has 0 saturated carbocycles. The number of carbonyl (C=O) groups is 3. The smallest absolute Gasteiger partial charge is 0.337 e. The van der Waals surface area contributed by atoms with Crippen LogP contribution in [0.5, 0.6) is 0 Å². The maximum atomic E-state index is 12.7. The van der Waals surface area contributed by atoms with E-state index in [0.29, 0.717) is 11.3 Å². The minimum absolute atomic E-state index is 0.0801. The van der Waals surface area contributed by atoms with Gasteiger partial charge in [-0.3, -0.25) is 14.5 Å². The highest BCUT2D eigenvalue weighted by Gasteiger charge is 2.35. The average Bonchev–Trinajstić information content (AvgIpc) is 3.18. The van der Waals surface area contributed by atoms with Crippen molar-refractivity contribution in [3.63, 3.8) is 0 Å². The summed E-state index contributed by atoms with van der Waals surface area (Å²) in [6.45, 7) is 0.814. The first kappa shape index (κ1) is 21.0. The topological polar surface area (TPSA) is 132 Å². The Balaban J connectivity index is 2.03. The molecule has 0 spiro atoms. The summed E-state index contributed by atoms with van der Waals surface area (Å²) in [6, 6.07) is 9.36. The number of imide groups is 1. The third-order valence-corrected chi connectivity index (χ3v) is 4.87. The lowest BCUT2D eigenvalue weighted by molar-refractivity contribution is -0.141. The number of carbonyl (C=O) groups excluding carboxylic acids is 2. The molecule has 3 rings (SSSR count). The number of rotatable bonds is 5. The van der Waals surface area contributed by atoms with Crippen LogP contribution in [0.3, 0.4) is 0 Å². The molecular formula is C21H15ClN2O6. The molecule has 1 aromatic carbocycles. The molecule has 0 unspecified atom stereocenters. The Morgan fingerprint density at radius 3 is 2.63 bits per heavy atom. The lowest BCUT2D eigenvalue weighted by Crippen LogP contribution is -2.44. The standard InChI is InChI=1S/C21H15ClN2O6/c1-11-14(19(26)24(6-7-25)20(27)16(11)10-23)9-13-3-5-18(30-13)12-2-4-17(22)15(8-12)21(28)29/h2-5,8-9,25H,6-7H2,1H3,(H,28,29)/b14-9+. The summed E-state index contributed by atoms with van der Waals surface area (Å²) >= 11 is 5.88. The van der Waals surface area contributed by atoms with Crippen molar-refractivity contribution < 1.29 is 29.0 Å². The van der Waals surface area contributed by atoms with E-state index in [2.05, 4.69) is 0 Å². The van der Waals surface area contributed by atoms with Crippen LogP contribution in [0, 0.1) is 11.3 Å². The van der Waals surface area contributed by atoms with Crippen LogP contribution in [0.2, 0.25) is 5.02 Å². The van der Waals surface area contributed by atoms with Gasteiger partial charge in [-0.2, -0.15) is 5.26 Å². The minimum atomic E-state index is -1.18.